The van der Waals surface area contributed by atoms with Crippen LogP contribution in [0.3, 0.4) is 0 Å². The van der Waals surface area contributed by atoms with Gasteiger partial charge in [-0.15, -0.1) is 0 Å². The molecular formula is C16H24N2OS. The van der Waals surface area contributed by atoms with Crippen LogP contribution in [0.1, 0.15) is 23.1 Å². The first kappa shape index (κ1) is 15.4. The Balaban J connectivity index is 1.70. The SMILES string of the molecule is Cc1cc(C)cc(CCNC(=O)CC2CSCCN2)c1. The fraction of sp³-hybridized carbons (Fsp3) is 0.562. The molecule has 0 spiro atoms. The quantitative estimate of drug-likeness (QED) is 0.873. The van der Waals surface area contributed by atoms with Crippen LogP contribution in [0.5, 0.6) is 0 Å². The molecule has 0 radical (unpaired) electrons. The zero-order chi connectivity index (χ0) is 14.4. The normalized spacial score (nSPS) is 18.8. The summed E-state index contributed by atoms with van der Waals surface area (Å²) in [5.74, 6) is 2.37. The highest BCUT2D eigenvalue weighted by molar-refractivity contribution is 7.99. The minimum atomic E-state index is 0.161. The van der Waals surface area contributed by atoms with Crippen LogP contribution in [0, 0.1) is 13.8 Å². The maximum atomic E-state index is 11.9. The average molecular weight is 292 g/mol. The van der Waals surface area contributed by atoms with Gasteiger partial charge in [-0.25, -0.2) is 0 Å². The second-order valence-electron chi connectivity index (χ2n) is 5.53. The largest absolute Gasteiger partial charge is 0.356 e. The van der Waals surface area contributed by atoms with Crippen molar-refractivity contribution < 1.29 is 4.79 Å². The Morgan fingerprint density at radius 1 is 1.35 bits per heavy atom. The molecule has 0 aliphatic carbocycles. The minimum Gasteiger partial charge on any atom is -0.356 e. The van der Waals surface area contributed by atoms with Gasteiger partial charge in [0.2, 0.25) is 5.91 Å². The highest BCUT2D eigenvalue weighted by Crippen LogP contribution is 2.11. The lowest BCUT2D eigenvalue weighted by Gasteiger charge is -2.22. The molecule has 4 heteroatoms. The van der Waals surface area contributed by atoms with Crippen molar-refractivity contribution in [1.82, 2.24) is 10.6 Å². The Morgan fingerprint density at radius 3 is 2.75 bits per heavy atom. The maximum Gasteiger partial charge on any atom is 0.221 e. The van der Waals surface area contributed by atoms with Gasteiger partial charge >= 0.3 is 0 Å². The number of carbonyl (C=O) groups excluding carboxylic acids is 1. The van der Waals surface area contributed by atoms with E-state index in [1.54, 1.807) is 0 Å². The summed E-state index contributed by atoms with van der Waals surface area (Å²) in [5, 5.41) is 6.42. The summed E-state index contributed by atoms with van der Waals surface area (Å²) in [6, 6.07) is 6.90. The van der Waals surface area contributed by atoms with Crippen molar-refractivity contribution in [2.45, 2.75) is 32.7 Å². The molecule has 3 nitrogen and oxygen atoms in total. The van der Waals surface area contributed by atoms with Crippen LogP contribution in [-0.4, -0.2) is 36.5 Å². The number of aryl methyl sites for hydroxylation is 2. The number of thioether (sulfide) groups is 1. The number of amides is 1. The lowest BCUT2D eigenvalue weighted by molar-refractivity contribution is -0.121. The van der Waals surface area contributed by atoms with Gasteiger partial charge in [0, 0.05) is 37.1 Å². The molecular weight excluding hydrogens is 268 g/mol. The van der Waals surface area contributed by atoms with Gasteiger partial charge in [-0.05, 0) is 25.8 Å². The van der Waals surface area contributed by atoms with Gasteiger partial charge < -0.3 is 10.6 Å². The fourth-order valence-corrected chi connectivity index (χ4v) is 3.56. The third-order valence-electron chi connectivity index (χ3n) is 3.45. The summed E-state index contributed by atoms with van der Waals surface area (Å²) in [6.07, 6.45) is 1.50. The number of carbonyl (C=O) groups is 1. The van der Waals surface area contributed by atoms with Gasteiger partial charge in [0.15, 0.2) is 0 Å². The summed E-state index contributed by atoms with van der Waals surface area (Å²) in [7, 11) is 0. The topological polar surface area (TPSA) is 41.1 Å². The molecule has 0 aromatic heterocycles. The van der Waals surface area contributed by atoms with Crippen molar-refractivity contribution in [3.63, 3.8) is 0 Å². The van der Waals surface area contributed by atoms with E-state index < -0.39 is 0 Å². The summed E-state index contributed by atoms with van der Waals surface area (Å²) in [4.78, 5) is 11.9. The lowest BCUT2D eigenvalue weighted by atomic mass is 10.1. The molecule has 1 saturated heterocycles. The van der Waals surface area contributed by atoms with Crippen LogP contribution >= 0.6 is 11.8 Å². The Bertz CT molecular complexity index is 436. The summed E-state index contributed by atoms with van der Waals surface area (Å²) >= 11 is 1.93. The summed E-state index contributed by atoms with van der Waals surface area (Å²) in [5.41, 5.74) is 3.87. The maximum absolute atomic E-state index is 11.9. The fourth-order valence-electron chi connectivity index (χ4n) is 2.61. The van der Waals surface area contributed by atoms with E-state index in [-0.39, 0.29) is 5.91 Å². The van der Waals surface area contributed by atoms with E-state index in [9.17, 15) is 4.79 Å². The smallest absolute Gasteiger partial charge is 0.221 e. The van der Waals surface area contributed by atoms with Crippen LogP contribution in [-0.2, 0) is 11.2 Å². The number of benzene rings is 1. The zero-order valence-corrected chi connectivity index (χ0v) is 13.2. The van der Waals surface area contributed by atoms with Gasteiger partial charge in [0.05, 0.1) is 0 Å². The molecule has 0 bridgehead atoms. The van der Waals surface area contributed by atoms with E-state index in [0.717, 1.165) is 31.0 Å². The molecule has 110 valence electrons. The number of hydrogen-bond acceptors (Lipinski definition) is 3. The van der Waals surface area contributed by atoms with Crippen molar-refractivity contribution in [1.29, 1.82) is 0 Å². The Kier molecular flexibility index (Phi) is 5.92. The summed E-state index contributed by atoms with van der Waals surface area (Å²) in [6.45, 7) is 5.97. The van der Waals surface area contributed by atoms with E-state index in [1.165, 1.54) is 16.7 Å². The molecule has 2 N–H and O–H groups in total. The van der Waals surface area contributed by atoms with Crippen molar-refractivity contribution in [3.8, 4) is 0 Å². The molecule has 1 aromatic rings. The molecule has 1 amide bonds. The van der Waals surface area contributed by atoms with Crippen LogP contribution in [0.4, 0.5) is 0 Å². The highest BCUT2D eigenvalue weighted by atomic mass is 32.2. The average Bonchev–Trinajstić information content (AvgIpc) is 2.38. The van der Waals surface area contributed by atoms with Crippen LogP contribution in [0.2, 0.25) is 0 Å². The molecule has 1 heterocycles. The van der Waals surface area contributed by atoms with Gasteiger partial charge in [0.25, 0.3) is 0 Å². The molecule has 20 heavy (non-hydrogen) atoms. The molecule has 2 rings (SSSR count). The Labute approximate surface area is 125 Å². The molecule has 1 atom stereocenters. The highest BCUT2D eigenvalue weighted by Gasteiger charge is 2.16. The van der Waals surface area contributed by atoms with Gasteiger partial charge in [-0.3, -0.25) is 4.79 Å². The predicted octanol–water partition coefficient (Wildman–Crippen LogP) is 2.06. The standard InChI is InChI=1S/C16H24N2OS/c1-12-7-13(2)9-14(8-12)3-4-18-16(19)10-15-11-20-6-5-17-15/h7-9,15,17H,3-6,10-11H2,1-2H3,(H,18,19). The summed E-state index contributed by atoms with van der Waals surface area (Å²) < 4.78 is 0. The van der Waals surface area contributed by atoms with Crippen molar-refractivity contribution in [3.05, 3.63) is 34.9 Å². The van der Waals surface area contributed by atoms with Crippen LogP contribution < -0.4 is 10.6 Å². The molecule has 1 fully saturated rings. The first-order valence-corrected chi connectivity index (χ1v) is 8.44. The van der Waals surface area contributed by atoms with Crippen LogP contribution in [0.25, 0.3) is 0 Å². The monoisotopic (exact) mass is 292 g/mol. The second kappa shape index (κ2) is 7.70. The second-order valence-corrected chi connectivity index (χ2v) is 6.68. The van der Waals surface area contributed by atoms with Gasteiger partial charge in [-0.2, -0.15) is 11.8 Å². The first-order valence-electron chi connectivity index (χ1n) is 7.28. The van der Waals surface area contributed by atoms with E-state index in [1.807, 2.05) is 11.8 Å². The molecule has 1 unspecified atom stereocenters. The van der Waals surface area contributed by atoms with E-state index in [4.69, 9.17) is 0 Å². The van der Waals surface area contributed by atoms with Gasteiger partial charge in [0.1, 0.15) is 0 Å². The molecule has 0 saturated carbocycles. The van der Waals surface area contributed by atoms with E-state index >= 15 is 0 Å². The van der Waals surface area contributed by atoms with Crippen LogP contribution in [0.15, 0.2) is 18.2 Å². The number of hydrogen-bond donors (Lipinski definition) is 2. The Morgan fingerprint density at radius 2 is 2.10 bits per heavy atom. The molecule has 1 aliphatic heterocycles. The number of nitrogens with one attached hydrogen (secondary N) is 2. The molecule has 1 aromatic carbocycles. The third kappa shape index (κ3) is 5.17. The van der Waals surface area contributed by atoms with Crippen molar-refractivity contribution in [2.75, 3.05) is 24.6 Å². The van der Waals surface area contributed by atoms with E-state index in [2.05, 4.69) is 42.7 Å². The first-order chi connectivity index (χ1) is 9.63. The minimum absolute atomic E-state index is 0.161. The van der Waals surface area contributed by atoms with E-state index in [0.29, 0.717) is 12.5 Å². The lowest BCUT2D eigenvalue weighted by Crippen LogP contribution is -2.41. The van der Waals surface area contributed by atoms with Crippen molar-refractivity contribution >= 4 is 17.7 Å². The van der Waals surface area contributed by atoms with Crippen molar-refractivity contribution in [2.24, 2.45) is 0 Å². The number of rotatable bonds is 5. The zero-order valence-electron chi connectivity index (χ0n) is 12.4. The third-order valence-corrected chi connectivity index (χ3v) is 4.58. The predicted molar refractivity (Wildman–Crippen MR) is 86.4 cm³/mol. The van der Waals surface area contributed by atoms with Gasteiger partial charge in [-0.1, -0.05) is 29.3 Å². The Hall–Kier alpha value is -1.00. The molecule has 1 aliphatic rings.